The van der Waals surface area contributed by atoms with Crippen molar-refractivity contribution in [1.82, 2.24) is 9.88 Å². The molecule has 4 rings (SSSR count). The molecule has 0 radical (unpaired) electrons. The molecule has 0 aliphatic carbocycles. The maximum atomic E-state index is 12.4. The summed E-state index contributed by atoms with van der Waals surface area (Å²) in [7, 11) is 0. The predicted octanol–water partition coefficient (Wildman–Crippen LogP) is 6.27. The molecule has 1 aromatic heterocycles. The Balaban J connectivity index is 1.42. The Morgan fingerprint density at radius 2 is 1.93 bits per heavy atom. The van der Waals surface area contributed by atoms with Crippen molar-refractivity contribution in [1.29, 1.82) is 0 Å². The molecule has 1 aliphatic rings. The molecule has 2 aromatic carbocycles. The lowest BCUT2D eigenvalue weighted by atomic mass is 10.2. The summed E-state index contributed by atoms with van der Waals surface area (Å²) < 4.78 is 0. The van der Waals surface area contributed by atoms with Crippen molar-refractivity contribution in [3.05, 3.63) is 69.3 Å². The van der Waals surface area contributed by atoms with Crippen molar-refractivity contribution in [2.45, 2.75) is 11.8 Å². The first-order valence-corrected chi connectivity index (χ1v) is 11.4. The van der Waals surface area contributed by atoms with E-state index in [2.05, 4.69) is 10.3 Å². The molecule has 0 bridgehead atoms. The van der Waals surface area contributed by atoms with Crippen molar-refractivity contribution < 1.29 is 4.79 Å². The Labute approximate surface area is 188 Å². The van der Waals surface area contributed by atoms with Gasteiger partial charge in [0.05, 0.1) is 11.3 Å². The quantitative estimate of drug-likeness (QED) is 0.435. The molecular formula is C21H18Cl3N3OS. The zero-order valence-electron chi connectivity index (χ0n) is 15.4. The minimum absolute atomic E-state index is 0.111. The normalized spacial score (nSPS) is 16.6. The van der Waals surface area contributed by atoms with Gasteiger partial charge in [0.1, 0.15) is 5.37 Å². The molecule has 1 N–H and O–H groups in total. The van der Waals surface area contributed by atoms with E-state index in [1.54, 1.807) is 18.0 Å². The Morgan fingerprint density at radius 3 is 2.72 bits per heavy atom. The first-order valence-electron chi connectivity index (χ1n) is 9.18. The van der Waals surface area contributed by atoms with E-state index in [1.807, 2.05) is 47.4 Å². The molecule has 29 heavy (non-hydrogen) atoms. The third-order valence-corrected chi connectivity index (χ3v) is 6.92. The average molecular weight is 467 g/mol. The Kier molecular flexibility index (Phi) is 6.40. The number of fused-ring (bicyclic) bond motifs is 1. The molecule has 2 heterocycles. The minimum Gasteiger partial charge on any atom is -0.384 e. The van der Waals surface area contributed by atoms with Gasteiger partial charge in [-0.15, -0.1) is 11.8 Å². The highest BCUT2D eigenvalue weighted by Gasteiger charge is 2.34. The molecule has 0 saturated carbocycles. The topological polar surface area (TPSA) is 45.2 Å². The molecule has 150 valence electrons. The number of anilines is 1. The highest BCUT2D eigenvalue weighted by atomic mass is 35.5. The van der Waals surface area contributed by atoms with E-state index < -0.39 is 0 Å². The number of nitrogens with one attached hydrogen (secondary N) is 1. The number of carbonyl (C=O) groups is 1. The van der Waals surface area contributed by atoms with Gasteiger partial charge in [-0.05, 0) is 42.8 Å². The van der Waals surface area contributed by atoms with Gasteiger partial charge < -0.3 is 10.2 Å². The number of carbonyl (C=O) groups excluding carboxylic acids is 1. The SMILES string of the molecule is O=C1CSC(c2c(Cl)cccc2Cl)N1CCCNc1ccnc2cc(Cl)ccc12. The number of halogens is 3. The molecule has 3 aromatic rings. The van der Waals surface area contributed by atoms with Crippen LogP contribution in [-0.2, 0) is 4.79 Å². The minimum atomic E-state index is -0.146. The van der Waals surface area contributed by atoms with Crippen molar-refractivity contribution in [3.8, 4) is 0 Å². The van der Waals surface area contributed by atoms with Crippen LogP contribution in [-0.4, -0.2) is 34.6 Å². The van der Waals surface area contributed by atoms with Gasteiger partial charge >= 0.3 is 0 Å². The summed E-state index contributed by atoms with van der Waals surface area (Å²) >= 11 is 20.4. The number of pyridine rings is 1. The lowest BCUT2D eigenvalue weighted by Gasteiger charge is -2.25. The van der Waals surface area contributed by atoms with E-state index in [0.717, 1.165) is 35.1 Å². The number of nitrogens with zero attached hydrogens (tertiary/aromatic N) is 2. The molecule has 1 saturated heterocycles. The van der Waals surface area contributed by atoms with Crippen molar-refractivity contribution in [2.75, 3.05) is 24.2 Å². The molecule has 1 aliphatic heterocycles. The second kappa shape index (κ2) is 9.00. The number of aromatic nitrogens is 1. The van der Waals surface area contributed by atoms with Crippen molar-refractivity contribution >= 4 is 69.1 Å². The highest BCUT2D eigenvalue weighted by molar-refractivity contribution is 8.00. The van der Waals surface area contributed by atoms with Gasteiger partial charge in [0.15, 0.2) is 0 Å². The van der Waals surface area contributed by atoms with Gasteiger partial charge in [-0.25, -0.2) is 0 Å². The van der Waals surface area contributed by atoms with E-state index in [-0.39, 0.29) is 11.3 Å². The largest absolute Gasteiger partial charge is 0.384 e. The monoisotopic (exact) mass is 465 g/mol. The number of thioether (sulfide) groups is 1. The standard InChI is InChI=1S/C21H18Cl3N3OS/c22-13-5-6-14-17(7-9-26-18(14)11-13)25-8-2-10-27-19(28)12-29-21(27)20-15(23)3-1-4-16(20)24/h1,3-7,9,11,21H,2,8,10,12H2,(H,25,26). The van der Waals surface area contributed by atoms with Crippen LogP contribution >= 0.6 is 46.6 Å². The van der Waals surface area contributed by atoms with Crippen molar-refractivity contribution in [3.63, 3.8) is 0 Å². The Hall–Kier alpha value is -1.66. The first kappa shape index (κ1) is 20.6. The zero-order chi connectivity index (χ0) is 20.4. The van der Waals surface area contributed by atoms with E-state index in [4.69, 9.17) is 34.8 Å². The summed E-state index contributed by atoms with van der Waals surface area (Å²) in [6.07, 6.45) is 2.55. The second-order valence-corrected chi connectivity index (χ2v) is 9.01. The highest BCUT2D eigenvalue weighted by Crippen LogP contribution is 2.44. The fourth-order valence-electron chi connectivity index (χ4n) is 3.43. The zero-order valence-corrected chi connectivity index (χ0v) is 18.5. The summed E-state index contributed by atoms with van der Waals surface area (Å²) in [5.41, 5.74) is 2.66. The average Bonchev–Trinajstić information content (AvgIpc) is 3.05. The molecule has 1 fully saturated rings. The molecule has 1 atom stereocenters. The molecule has 4 nitrogen and oxygen atoms in total. The molecule has 8 heteroatoms. The van der Waals surface area contributed by atoms with Gasteiger partial charge in [0.25, 0.3) is 0 Å². The predicted molar refractivity (Wildman–Crippen MR) is 123 cm³/mol. The smallest absolute Gasteiger partial charge is 0.233 e. The first-order chi connectivity index (χ1) is 14.0. The number of hydrogen-bond acceptors (Lipinski definition) is 4. The summed E-state index contributed by atoms with van der Waals surface area (Å²) in [4.78, 5) is 18.7. The number of amides is 1. The van der Waals surface area contributed by atoms with Crippen LogP contribution in [0.2, 0.25) is 15.1 Å². The van der Waals surface area contributed by atoms with Crippen LogP contribution in [0.1, 0.15) is 17.4 Å². The molecule has 1 unspecified atom stereocenters. The lowest BCUT2D eigenvalue weighted by Crippen LogP contribution is -2.30. The van der Waals surface area contributed by atoms with Crippen LogP contribution in [0.4, 0.5) is 5.69 Å². The number of hydrogen-bond donors (Lipinski definition) is 1. The van der Waals surface area contributed by atoms with Crippen molar-refractivity contribution in [2.24, 2.45) is 0 Å². The maximum Gasteiger partial charge on any atom is 0.233 e. The molecular weight excluding hydrogens is 449 g/mol. The Bertz CT molecular complexity index is 1040. The van der Waals surface area contributed by atoms with Crippen LogP contribution in [0.3, 0.4) is 0 Å². The summed E-state index contributed by atoms with van der Waals surface area (Å²) in [6.45, 7) is 1.35. The van der Waals surface area contributed by atoms with E-state index in [0.29, 0.717) is 27.4 Å². The summed E-state index contributed by atoms with van der Waals surface area (Å²) in [5.74, 6) is 0.551. The van der Waals surface area contributed by atoms with Gasteiger partial charge in [0, 0.05) is 51.0 Å². The van der Waals surface area contributed by atoms with E-state index in [1.165, 1.54) is 0 Å². The van der Waals surface area contributed by atoms with Crippen LogP contribution in [0.15, 0.2) is 48.7 Å². The van der Waals surface area contributed by atoms with Gasteiger partial charge in [0.2, 0.25) is 5.91 Å². The van der Waals surface area contributed by atoms with Crippen LogP contribution < -0.4 is 5.32 Å². The van der Waals surface area contributed by atoms with Gasteiger partial charge in [-0.2, -0.15) is 0 Å². The molecule has 1 amide bonds. The number of benzene rings is 2. The summed E-state index contributed by atoms with van der Waals surface area (Å²) in [6, 6.07) is 13.0. The maximum absolute atomic E-state index is 12.4. The van der Waals surface area contributed by atoms with Gasteiger partial charge in [-0.1, -0.05) is 40.9 Å². The van der Waals surface area contributed by atoms with E-state index >= 15 is 0 Å². The van der Waals surface area contributed by atoms with Crippen LogP contribution in [0.25, 0.3) is 10.9 Å². The van der Waals surface area contributed by atoms with Crippen LogP contribution in [0.5, 0.6) is 0 Å². The second-order valence-electron chi connectivity index (χ2n) is 6.69. The summed E-state index contributed by atoms with van der Waals surface area (Å²) in [5, 5.41) is 6.16. The fraction of sp³-hybridized carbons (Fsp3) is 0.238. The third kappa shape index (κ3) is 4.43. The lowest BCUT2D eigenvalue weighted by molar-refractivity contribution is -0.128. The van der Waals surface area contributed by atoms with E-state index in [9.17, 15) is 4.79 Å². The van der Waals surface area contributed by atoms with Crippen LogP contribution in [0, 0.1) is 0 Å². The third-order valence-electron chi connectivity index (χ3n) is 4.81. The Morgan fingerprint density at radius 1 is 1.14 bits per heavy atom. The van der Waals surface area contributed by atoms with Gasteiger partial charge in [-0.3, -0.25) is 9.78 Å². The fourth-order valence-corrected chi connectivity index (χ4v) is 5.62. The number of rotatable bonds is 6. The molecule has 0 spiro atoms.